The topological polar surface area (TPSA) is 79.8 Å². The first-order valence-corrected chi connectivity index (χ1v) is 9.62. The summed E-state index contributed by atoms with van der Waals surface area (Å²) >= 11 is 0. The minimum Gasteiger partial charge on any atom is -0.445 e. The Morgan fingerprint density at radius 2 is 1.70 bits per heavy atom. The number of amides is 2. The average molecular weight is 399 g/mol. The first-order chi connectivity index (χ1) is 14.6. The van der Waals surface area contributed by atoms with Gasteiger partial charge in [0, 0.05) is 11.1 Å². The second-order valence-corrected chi connectivity index (χ2v) is 6.99. The number of nitrogens with one attached hydrogen (secondary N) is 2. The molecule has 0 spiro atoms. The monoisotopic (exact) mass is 399 g/mol. The van der Waals surface area contributed by atoms with Gasteiger partial charge in [0.05, 0.1) is 11.4 Å². The highest BCUT2D eigenvalue weighted by Gasteiger charge is 2.27. The normalized spacial score (nSPS) is 15.3. The largest absolute Gasteiger partial charge is 0.445 e. The molecule has 1 atom stereocenters. The van der Waals surface area contributed by atoms with Gasteiger partial charge < -0.3 is 10.1 Å². The number of hydrogen-bond donors (Lipinski definition) is 2. The van der Waals surface area contributed by atoms with Crippen LogP contribution in [0.5, 0.6) is 0 Å². The Bertz CT molecular complexity index is 1090. The van der Waals surface area contributed by atoms with E-state index >= 15 is 0 Å². The van der Waals surface area contributed by atoms with Crippen LogP contribution in [0.4, 0.5) is 10.5 Å². The third-order valence-electron chi connectivity index (χ3n) is 4.74. The molecule has 0 aliphatic carbocycles. The van der Waals surface area contributed by atoms with Crippen LogP contribution in [0.2, 0.25) is 0 Å². The van der Waals surface area contributed by atoms with Crippen LogP contribution in [0.3, 0.4) is 0 Å². The number of benzene rings is 3. The van der Waals surface area contributed by atoms with Crippen LogP contribution in [-0.2, 0) is 16.1 Å². The molecule has 6 nitrogen and oxygen atoms in total. The fourth-order valence-electron chi connectivity index (χ4n) is 3.17. The van der Waals surface area contributed by atoms with E-state index in [0.717, 1.165) is 22.3 Å². The van der Waals surface area contributed by atoms with Gasteiger partial charge in [0.2, 0.25) is 6.17 Å². The van der Waals surface area contributed by atoms with Crippen LogP contribution in [0, 0.1) is 6.92 Å². The van der Waals surface area contributed by atoms with Crippen molar-refractivity contribution >= 4 is 23.4 Å². The number of benzodiazepines with no additional fused rings is 1. The highest BCUT2D eigenvalue weighted by Crippen LogP contribution is 2.24. The van der Waals surface area contributed by atoms with Crippen molar-refractivity contribution in [2.45, 2.75) is 19.7 Å². The Labute approximate surface area is 174 Å². The maximum absolute atomic E-state index is 12.7. The Morgan fingerprint density at radius 3 is 2.47 bits per heavy atom. The van der Waals surface area contributed by atoms with Crippen LogP contribution in [-0.4, -0.2) is 23.9 Å². The summed E-state index contributed by atoms with van der Waals surface area (Å²) in [5.41, 5.74) is 4.88. The molecule has 2 amide bonds. The minimum atomic E-state index is -1.11. The molecule has 6 heteroatoms. The first kappa shape index (κ1) is 19.4. The van der Waals surface area contributed by atoms with Crippen LogP contribution in [0.25, 0.3) is 0 Å². The van der Waals surface area contributed by atoms with Crippen molar-refractivity contribution in [3.05, 3.63) is 101 Å². The predicted octanol–water partition coefficient (Wildman–Crippen LogP) is 4.04. The number of carbonyl (C=O) groups excluding carboxylic acids is 2. The van der Waals surface area contributed by atoms with Gasteiger partial charge in [-0.15, -0.1) is 0 Å². The number of nitrogens with zero attached hydrogens (tertiary/aromatic N) is 1. The van der Waals surface area contributed by atoms with Gasteiger partial charge in [-0.3, -0.25) is 10.1 Å². The van der Waals surface area contributed by atoms with E-state index in [-0.39, 0.29) is 6.61 Å². The van der Waals surface area contributed by atoms with Gasteiger partial charge in [-0.1, -0.05) is 78.4 Å². The fraction of sp³-hybridized carbons (Fsp3) is 0.125. The smallest absolute Gasteiger partial charge is 0.409 e. The first-order valence-electron chi connectivity index (χ1n) is 9.62. The molecule has 0 bridgehead atoms. The third kappa shape index (κ3) is 4.38. The molecule has 1 aliphatic heterocycles. The number of ether oxygens (including phenoxy) is 1. The molecule has 2 N–H and O–H groups in total. The van der Waals surface area contributed by atoms with Gasteiger partial charge in [0.25, 0.3) is 5.91 Å². The number of anilines is 1. The molecule has 150 valence electrons. The number of aryl methyl sites for hydroxylation is 1. The van der Waals surface area contributed by atoms with Gasteiger partial charge in [-0.25, -0.2) is 9.79 Å². The summed E-state index contributed by atoms with van der Waals surface area (Å²) in [6.45, 7) is 2.11. The summed E-state index contributed by atoms with van der Waals surface area (Å²) < 4.78 is 5.25. The van der Waals surface area contributed by atoms with Crippen LogP contribution >= 0.6 is 0 Å². The van der Waals surface area contributed by atoms with Crippen LogP contribution in [0.1, 0.15) is 22.3 Å². The van der Waals surface area contributed by atoms with Crippen molar-refractivity contribution in [2.24, 2.45) is 4.99 Å². The van der Waals surface area contributed by atoms with E-state index in [1.54, 1.807) is 0 Å². The molecule has 0 radical (unpaired) electrons. The maximum atomic E-state index is 12.7. The lowest BCUT2D eigenvalue weighted by molar-refractivity contribution is -0.117. The van der Waals surface area contributed by atoms with Gasteiger partial charge in [-0.05, 0) is 18.6 Å². The summed E-state index contributed by atoms with van der Waals surface area (Å²) in [4.78, 5) is 29.6. The number of hydrogen-bond acceptors (Lipinski definition) is 4. The zero-order chi connectivity index (χ0) is 20.9. The molecule has 1 aliphatic rings. The molecule has 4 rings (SSSR count). The summed E-state index contributed by atoms with van der Waals surface area (Å²) in [6.07, 6.45) is -1.83. The van der Waals surface area contributed by atoms with Gasteiger partial charge >= 0.3 is 6.09 Å². The number of carbonyl (C=O) groups is 2. The standard InChI is InChI=1S/C24H21N3O3/c1-16-11-13-18(14-12-16)21-19-9-5-6-10-20(19)25-23(28)22(26-21)27-24(29)30-15-17-7-3-2-4-8-17/h2-14,22H,15H2,1H3,(H,25,28)(H,27,29)/t22-/m1/s1. The number of para-hydroxylation sites is 1. The second kappa shape index (κ2) is 8.61. The molecular formula is C24H21N3O3. The van der Waals surface area contributed by atoms with Gasteiger partial charge in [0.15, 0.2) is 0 Å². The van der Waals surface area contributed by atoms with Gasteiger partial charge in [-0.2, -0.15) is 0 Å². The average Bonchev–Trinajstić information content (AvgIpc) is 2.90. The second-order valence-electron chi connectivity index (χ2n) is 6.99. The van der Waals surface area contributed by atoms with Crippen molar-refractivity contribution in [2.75, 3.05) is 5.32 Å². The number of aliphatic imine (C=N–C) groups is 1. The lowest BCUT2D eigenvalue weighted by Gasteiger charge is -2.13. The third-order valence-corrected chi connectivity index (χ3v) is 4.74. The van der Waals surface area contributed by atoms with Crippen molar-refractivity contribution in [3.8, 4) is 0 Å². The Balaban J connectivity index is 1.59. The van der Waals surface area contributed by atoms with E-state index in [1.165, 1.54) is 0 Å². The summed E-state index contributed by atoms with van der Waals surface area (Å²) in [7, 11) is 0. The van der Waals surface area contributed by atoms with Crippen LogP contribution in [0.15, 0.2) is 83.9 Å². The fourth-order valence-corrected chi connectivity index (χ4v) is 3.17. The number of rotatable bonds is 4. The van der Waals surface area contributed by atoms with Crippen molar-refractivity contribution < 1.29 is 14.3 Å². The minimum absolute atomic E-state index is 0.107. The molecule has 0 saturated carbocycles. The molecule has 30 heavy (non-hydrogen) atoms. The highest BCUT2D eigenvalue weighted by molar-refractivity contribution is 6.19. The quantitative estimate of drug-likeness (QED) is 0.695. The van der Waals surface area contributed by atoms with E-state index in [1.807, 2.05) is 85.8 Å². The van der Waals surface area contributed by atoms with Gasteiger partial charge in [0.1, 0.15) is 6.61 Å². The molecular weight excluding hydrogens is 378 g/mol. The van der Waals surface area contributed by atoms with E-state index < -0.39 is 18.2 Å². The molecule has 3 aromatic rings. The molecule has 1 heterocycles. The van der Waals surface area contributed by atoms with E-state index in [9.17, 15) is 9.59 Å². The Morgan fingerprint density at radius 1 is 1.00 bits per heavy atom. The lowest BCUT2D eigenvalue weighted by atomic mass is 10.00. The predicted molar refractivity (Wildman–Crippen MR) is 115 cm³/mol. The SMILES string of the molecule is Cc1ccc(C2=N[C@H](NC(=O)OCc3ccccc3)C(=O)Nc3ccccc32)cc1. The Hall–Kier alpha value is -3.93. The molecule has 0 unspecified atom stereocenters. The van der Waals surface area contributed by atoms with Crippen LogP contribution < -0.4 is 10.6 Å². The summed E-state index contributed by atoms with van der Waals surface area (Å²) in [6, 6.07) is 24.6. The van der Waals surface area contributed by atoms with Crippen molar-refractivity contribution in [1.82, 2.24) is 5.32 Å². The summed E-state index contributed by atoms with van der Waals surface area (Å²) in [5, 5.41) is 5.40. The zero-order valence-electron chi connectivity index (χ0n) is 16.5. The number of fused-ring (bicyclic) bond motifs is 1. The molecule has 0 fully saturated rings. The lowest BCUT2D eigenvalue weighted by Crippen LogP contribution is -2.42. The van der Waals surface area contributed by atoms with E-state index in [0.29, 0.717) is 11.4 Å². The van der Waals surface area contributed by atoms with Crippen molar-refractivity contribution in [3.63, 3.8) is 0 Å². The zero-order valence-corrected chi connectivity index (χ0v) is 16.5. The molecule has 0 aromatic heterocycles. The Kier molecular flexibility index (Phi) is 5.57. The van der Waals surface area contributed by atoms with Crippen molar-refractivity contribution in [1.29, 1.82) is 0 Å². The number of alkyl carbamates (subject to hydrolysis) is 1. The maximum Gasteiger partial charge on any atom is 0.409 e. The molecule has 3 aromatic carbocycles. The highest BCUT2D eigenvalue weighted by atomic mass is 16.5. The molecule has 0 saturated heterocycles. The summed E-state index contributed by atoms with van der Waals surface area (Å²) in [5.74, 6) is -0.429. The van der Waals surface area contributed by atoms with E-state index in [2.05, 4.69) is 15.6 Å². The van der Waals surface area contributed by atoms with E-state index in [4.69, 9.17) is 4.74 Å².